The molecular formula is C26H53NO6PS+. The van der Waals surface area contributed by atoms with Gasteiger partial charge in [-0.2, -0.15) is 0 Å². The highest BCUT2D eigenvalue weighted by molar-refractivity contribution is 8.02. The van der Waals surface area contributed by atoms with Gasteiger partial charge in [0.25, 0.3) is 0 Å². The second-order valence-electron chi connectivity index (χ2n) is 9.36. The lowest BCUT2D eigenvalue weighted by Crippen LogP contribution is -2.34. The van der Waals surface area contributed by atoms with Crippen molar-refractivity contribution in [2.24, 2.45) is 0 Å². The number of carboxylic acids is 1. The maximum absolute atomic E-state index is 10.6. The molecule has 0 aromatic rings. The Morgan fingerprint density at radius 1 is 0.829 bits per heavy atom. The van der Waals surface area contributed by atoms with Crippen LogP contribution in [0.4, 0.5) is 0 Å². The Bertz CT molecular complexity index is 500. The van der Waals surface area contributed by atoms with Crippen LogP contribution in [0.1, 0.15) is 122 Å². The molecule has 9 heteroatoms. The zero-order valence-corrected chi connectivity index (χ0v) is 23.8. The second kappa shape index (κ2) is 26.8. The molecule has 0 amide bonds. The largest absolute Gasteiger partial charge is 0.481 e. The number of carbonyl (C=O) groups is 1. The van der Waals surface area contributed by atoms with Crippen molar-refractivity contribution in [3.8, 4) is 0 Å². The Balaban J connectivity index is 4.10. The lowest BCUT2D eigenvalue weighted by atomic mass is 10.0. The van der Waals surface area contributed by atoms with Crippen LogP contribution in [0, 0.1) is 0 Å². The summed E-state index contributed by atoms with van der Waals surface area (Å²) in [6.07, 6.45) is 19.5. The molecule has 0 saturated heterocycles. The lowest BCUT2D eigenvalue weighted by Gasteiger charge is -2.22. The number of rotatable bonds is 28. The minimum absolute atomic E-state index is 0.00797. The van der Waals surface area contributed by atoms with Gasteiger partial charge in [0.2, 0.25) is 11.8 Å². The number of aliphatic hydroxyl groups is 2. The average molecular weight is 539 g/mol. The Kier molecular flexibility index (Phi) is 26.7. The molecule has 0 rings (SSSR count). The summed E-state index contributed by atoms with van der Waals surface area (Å²) < 4.78 is 11.8. The fourth-order valence-electron chi connectivity index (χ4n) is 4.04. The van der Waals surface area contributed by atoms with Crippen LogP contribution in [-0.2, 0) is 25.9 Å². The molecule has 2 unspecified atom stereocenters. The number of nitrogens with one attached hydrogen (secondary N) is 1. The van der Waals surface area contributed by atoms with Crippen molar-refractivity contribution in [1.82, 2.24) is 5.09 Å². The minimum atomic E-state index is -1.33. The summed E-state index contributed by atoms with van der Waals surface area (Å²) >= 11 is 5.35. The molecule has 4 N–H and O–H groups in total. The van der Waals surface area contributed by atoms with Gasteiger partial charge in [-0.25, -0.2) is 0 Å². The van der Waals surface area contributed by atoms with E-state index in [1.807, 2.05) is 0 Å². The first-order valence-corrected chi connectivity index (χ1v) is 16.2. The molecular weight excluding hydrogens is 485 g/mol. The molecule has 0 fully saturated rings. The highest BCUT2D eigenvalue weighted by Gasteiger charge is 2.29. The molecule has 0 saturated carbocycles. The first kappa shape index (κ1) is 34.8. The van der Waals surface area contributed by atoms with E-state index in [1.165, 1.54) is 77.0 Å². The van der Waals surface area contributed by atoms with Crippen molar-refractivity contribution < 1.29 is 29.4 Å². The number of hydrogen-bond donors (Lipinski definition) is 4. The number of hydrogen-bond acceptors (Lipinski definition) is 6. The summed E-state index contributed by atoms with van der Waals surface area (Å²) in [5, 5.41) is 30.6. The van der Waals surface area contributed by atoms with Crippen molar-refractivity contribution in [2.75, 3.05) is 26.4 Å². The van der Waals surface area contributed by atoms with Crippen molar-refractivity contribution in [3.05, 3.63) is 0 Å². The van der Waals surface area contributed by atoms with Gasteiger partial charge in [-0.3, -0.25) is 4.79 Å². The normalized spacial score (nSPS) is 13.6. The predicted octanol–water partition coefficient (Wildman–Crippen LogP) is 6.23. The zero-order valence-electron chi connectivity index (χ0n) is 22.1. The smallest absolute Gasteiger partial charge is 0.439 e. The third kappa shape index (κ3) is 23.9. The first-order valence-electron chi connectivity index (χ1n) is 14.0. The van der Waals surface area contributed by atoms with Gasteiger partial charge in [0.1, 0.15) is 12.2 Å². The molecule has 0 aromatic heterocycles. The Morgan fingerprint density at radius 2 is 1.37 bits per heavy atom. The molecule has 0 radical (unpaired) electrons. The van der Waals surface area contributed by atoms with Gasteiger partial charge in [-0.05, 0) is 19.3 Å². The van der Waals surface area contributed by atoms with E-state index in [9.17, 15) is 9.90 Å². The topological polar surface area (TPSA) is 108 Å². The molecule has 0 aliphatic heterocycles. The fraction of sp³-hybridized carbons (Fsp3) is 0.962. The highest BCUT2D eigenvalue weighted by Crippen LogP contribution is 2.26. The standard InChI is InChI=1S/C26H52NO6PS/c1-2-3-4-5-6-7-8-9-10-11-12-13-14-15-18-24(33-34(35)27-20-21-28)25(23-29)32-22-17-16-19-26(30)31/h24-25,28-29H,2-23H2,1H3,(H-,27,30,31,35)/p+1/t24?,25-/m0/s1. The molecule has 0 aromatic carbocycles. The molecule has 0 spiro atoms. The molecule has 0 heterocycles. The van der Waals surface area contributed by atoms with E-state index in [0.717, 1.165) is 19.3 Å². The Morgan fingerprint density at radius 3 is 1.86 bits per heavy atom. The highest BCUT2D eigenvalue weighted by atomic mass is 32.4. The van der Waals surface area contributed by atoms with Crippen molar-refractivity contribution in [3.63, 3.8) is 0 Å². The van der Waals surface area contributed by atoms with E-state index in [2.05, 4.69) is 12.0 Å². The molecule has 0 bridgehead atoms. The third-order valence-corrected chi connectivity index (χ3v) is 7.73. The van der Waals surface area contributed by atoms with Crippen LogP contribution in [0.15, 0.2) is 0 Å². The first-order chi connectivity index (χ1) is 17.0. The summed E-state index contributed by atoms with van der Waals surface area (Å²) in [5.74, 6) is -0.811. The van der Waals surface area contributed by atoms with Crippen LogP contribution in [-0.4, -0.2) is 59.9 Å². The van der Waals surface area contributed by atoms with E-state index in [4.69, 9.17) is 31.3 Å². The van der Waals surface area contributed by atoms with Crippen LogP contribution in [0.5, 0.6) is 0 Å². The second-order valence-corrected chi connectivity index (χ2v) is 11.4. The number of carboxylic acid groups (broad SMARTS) is 1. The SMILES string of the molecule is CCCCCCCCCCCCCCCCC(O[P+](=S)NCCO)[C@H](CO)OCCCCC(=O)O. The molecule has 35 heavy (non-hydrogen) atoms. The van der Waals surface area contributed by atoms with Gasteiger partial charge in [0, 0.05) is 13.0 Å². The van der Waals surface area contributed by atoms with E-state index >= 15 is 0 Å². The zero-order chi connectivity index (χ0) is 26.0. The maximum Gasteiger partial charge on any atom is 0.439 e. The van der Waals surface area contributed by atoms with Crippen LogP contribution in [0.2, 0.25) is 0 Å². The monoisotopic (exact) mass is 538 g/mol. The maximum atomic E-state index is 10.6. The van der Waals surface area contributed by atoms with E-state index in [-0.39, 0.29) is 25.7 Å². The lowest BCUT2D eigenvalue weighted by molar-refractivity contribution is -0.137. The molecule has 0 aliphatic carbocycles. The molecule has 3 atom stereocenters. The molecule has 208 valence electrons. The molecule has 7 nitrogen and oxygen atoms in total. The van der Waals surface area contributed by atoms with E-state index < -0.39 is 19.1 Å². The van der Waals surface area contributed by atoms with E-state index in [0.29, 0.717) is 26.0 Å². The predicted molar refractivity (Wildman–Crippen MR) is 147 cm³/mol. The summed E-state index contributed by atoms with van der Waals surface area (Å²) in [7, 11) is -1.33. The van der Waals surface area contributed by atoms with Crippen LogP contribution >= 0.6 is 7.07 Å². The Labute approximate surface area is 220 Å². The minimum Gasteiger partial charge on any atom is -0.481 e. The van der Waals surface area contributed by atoms with Crippen LogP contribution in [0.3, 0.4) is 0 Å². The van der Waals surface area contributed by atoms with Gasteiger partial charge in [-0.15, -0.1) is 9.61 Å². The average Bonchev–Trinajstić information content (AvgIpc) is 2.84. The fourth-order valence-corrected chi connectivity index (χ4v) is 5.49. The number of aliphatic carboxylic acids is 1. The quantitative estimate of drug-likeness (QED) is 0.0686. The van der Waals surface area contributed by atoms with Crippen molar-refractivity contribution >= 4 is 24.9 Å². The number of unbranched alkanes of at least 4 members (excludes halogenated alkanes) is 14. The Hall–Kier alpha value is -0.210. The molecule has 0 aliphatic rings. The van der Waals surface area contributed by atoms with E-state index in [1.54, 1.807) is 0 Å². The van der Waals surface area contributed by atoms with Gasteiger partial charge in [0.05, 0.1) is 19.8 Å². The van der Waals surface area contributed by atoms with Gasteiger partial charge >= 0.3 is 13.0 Å². The van der Waals surface area contributed by atoms with Crippen LogP contribution < -0.4 is 5.09 Å². The summed E-state index contributed by atoms with van der Waals surface area (Å²) in [4.78, 5) is 10.6. The number of ether oxygens (including phenoxy) is 1. The third-order valence-electron chi connectivity index (χ3n) is 6.14. The van der Waals surface area contributed by atoms with Crippen molar-refractivity contribution in [2.45, 2.75) is 135 Å². The van der Waals surface area contributed by atoms with Crippen molar-refractivity contribution in [1.29, 1.82) is 0 Å². The number of aliphatic hydroxyl groups excluding tert-OH is 2. The van der Waals surface area contributed by atoms with Gasteiger partial charge < -0.3 is 20.1 Å². The summed E-state index contributed by atoms with van der Waals surface area (Å²) in [6, 6.07) is 0. The summed E-state index contributed by atoms with van der Waals surface area (Å²) in [6.45, 7) is 2.85. The van der Waals surface area contributed by atoms with Crippen LogP contribution in [0.25, 0.3) is 0 Å². The van der Waals surface area contributed by atoms with Gasteiger partial charge in [0.15, 0.2) is 0 Å². The summed E-state index contributed by atoms with van der Waals surface area (Å²) in [5.41, 5.74) is 0. The van der Waals surface area contributed by atoms with Gasteiger partial charge in [-0.1, -0.05) is 96.8 Å².